The molecule has 0 spiro atoms. The molecule has 0 bridgehead atoms. The lowest BCUT2D eigenvalue weighted by atomic mass is 10.2. The van der Waals surface area contributed by atoms with Crippen molar-refractivity contribution in [2.24, 2.45) is 0 Å². The predicted octanol–water partition coefficient (Wildman–Crippen LogP) is 4.50. The number of benzene rings is 2. The fraction of sp³-hybridized carbons (Fsp3) is 0.0714. The Bertz CT molecular complexity index is 755. The molecule has 2 aromatic rings. The molecule has 0 radical (unpaired) electrons. The summed E-state index contributed by atoms with van der Waals surface area (Å²) in [7, 11) is 0. The van der Waals surface area contributed by atoms with Gasteiger partial charge in [0.25, 0.3) is 5.69 Å². The highest BCUT2D eigenvalue weighted by Gasteiger charge is 2.12. The Labute approximate surface area is 136 Å². The fourth-order valence-electron chi connectivity index (χ4n) is 1.68. The number of halogens is 2. The van der Waals surface area contributed by atoms with Gasteiger partial charge in [-0.25, -0.2) is 4.39 Å². The van der Waals surface area contributed by atoms with Gasteiger partial charge in [-0.05, 0) is 42.9 Å². The Balaban J connectivity index is 2.13. The topological polar surface area (TPSA) is 67.2 Å². The van der Waals surface area contributed by atoms with Crippen LogP contribution < -0.4 is 10.6 Å². The van der Waals surface area contributed by atoms with Crippen molar-refractivity contribution in [1.29, 1.82) is 0 Å². The molecule has 0 atom stereocenters. The van der Waals surface area contributed by atoms with Crippen LogP contribution in [0.25, 0.3) is 0 Å². The average Bonchev–Trinajstić information content (AvgIpc) is 2.45. The van der Waals surface area contributed by atoms with Crippen molar-refractivity contribution < 1.29 is 9.31 Å². The van der Waals surface area contributed by atoms with Crippen molar-refractivity contribution >= 4 is 46.0 Å². The van der Waals surface area contributed by atoms with Gasteiger partial charge < -0.3 is 10.6 Å². The van der Waals surface area contributed by atoms with Gasteiger partial charge in [0, 0.05) is 22.8 Å². The number of nitro benzene ring substituents is 1. The van der Waals surface area contributed by atoms with Crippen molar-refractivity contribution in [3.05, 3.63) is 62.9 Å². The summed E-state index contributed by atoms with van der Waals surface area (Å²) in [4.78, 5) is 10.1. The molecule has 0 amide bonds. The van der Waals surface area contributed by atoms with Gasteiger partial charge >= 0.3 is 0 Å². The number of thiocarbonyl (C=S) groups is 1. The molecule has 0 saturated carbocycles. The monoisotopic (exact) mass is 339 g/mol. The zero-order chi connectivity index (χ0) is 16.3. The molecule has 8 heteroatoms. The van der Waals surface area contributed by atoms with Crippen LogP contribution in [0, 0.1) is 22.9 Å². The Morgan fingerprint density at radius 2 is 2.00 bits per heavy atom. The molecule has 0 aliphatic carbocycles. The van der Waals surface area contributed by atoms with Gasteiger partial charge in [0.05, 0.1) is 10.6 Å². The van der Waals surface area contributed by atoms with Crippen LogP contribution in [0.15, 0.2) is 36.4 Å². The number of non-ortho nitro benzene ring substituents is 1. The van der Waals surface area contributed by atoms with E-state index in [0.29, 0.717) is 10.7 Å². The molecule has 0 fully saturated rings. The van der Waals surface area contributed by atoms with Gasteiger partial charge in [-0.3, -0.25) is 10.1 Å². The molecule has 2 rings (SSSR count). The minimum Gasteiger partial charge on any atom is -0.332 e. The van der Waals surface area contributed by atoms with Crippen molar-refractivity contribution in [2.75, 3.05) is 10.6 Å². The highest BCUT2D eigenvalue weighted by molar-refractivity contribution is 7.80. The third kappa shape index (κ3) is 3.90. The molecule has 0 aromatic heterocycles. The molecule has 22 heavy (non-hydrogen) atoms. The van der Waals surface area contributed by atoms with Crippen molar-refractivity contribution in [3.63, 3.8) is 0 Å². The van der Waals surface area contributed by atoms with Gasteiger partial charge in [-0.15, -0.1) is 0 Å². The molecular formula is C14H11ClFN3O2S. The zero-order valence-corrected chi connectivity index (χ0v) is 13.0. The fourth-order valence-corrected chi connectivity index (χ4v) is 2.09. The lowest BCUT2D eigenvalue weighted by Crippen LogP contribution is -2.19. The van der Waals surface area contributed by atoms with Gasteiger partial charge in [-0.1, -0.05) is 17.7 Å². The van der Waals surface area contributed by atoms with E-state index < -0.39 is 10.7 Å². The highest BCUT2D eigenvalue weighted by atomic mass is 35.5. The van der Waals surface area contributed by atoms with E-state index >= 15 is 0 Å². The second kappa shape index (κ2) is 6.67. The average molecular weight is 340 g/mol. The largest absolute Gasteiger partial charge is 0.332 e. The molecular weight excluding hydrogens is 329 g/mol. The molecule has 0 unspecified atom stereocenters. The second-order valence-electron chi connectivity index (χ2n) is 4.46. The molecule has 2 aromatic carbocycles. The first kappa shape index (κ1) is 16.1. The van der Waals surface area contributed by atoms with Crippen molar-refractivity contribution in [2.45, 2.75) is 6.92 Å². The number of nitro groups is 1. The summed E-state index contributed by atoms with van der Waals surface area (Å²) in [6, 6.07) is 8.41. The molecule has 0 heterocycles. The van der Waals surface area contributed by atoms with Crippen LogP contribution in [-0.2, 0) is 0 Å². The first-order chi connectivity index (χ1) is 10.4. The van der Waals surface area contributed by atoms with E-state index in [-0.39, 0.29) is 16.5 Å². The number of hydrogen-bond acceptors (Lipinski definition) is 3. The SMILES string of the molecule is Cc1ccc(NC(=S)Nc2cc([N+](=O)[O-])ccc2F)cc1Cl. The quantitative estimate of drug-likeness (QED) is 0.489. The third-order valence-electron chi connectivity index (χ3n) is 2.84. The lowest BCUT2D eigenvalue weighted by molar-refractivity contribution is -0.384. The summed E-state index contributed by atoms with van der Waals surface area (Å²) in [6.45, 7) is 1.86. The van der Waals surface area contributed by atoms with Crippen LogP contribution in [0.4, 0.5) is 21.5 Å². The van der Waals surface area contributed by atoms with E-state index in [2.05, 4.69) is 10.6 Å². The molecule has 5 nitrogen and oxygen atoms in total. The molecule has 0 aliphatic heterocycles. The summed E-state index contributed by atoms with van der Waals surface area (Å²) in [5.74, 6) is -0.642. The van der Waals surface area contributed by atoms with Gasteiger partial charge in [0.15, 0.2) is 5.11 Å². The Morgan fingerprint density at radius 3 is 2.64 bits per heavy atom. The van der Waals surface area contributed by atoms with Crippen LogP contribution in [0.5, 0.6) is 0 Å². The maximum atomic E-state index is 13.7. The molecule has 2 N–H and O–H groups in total. The number of rotatable bonds is 3. The van der Waals surface area contributed by atoms with Crippen LogP contribution in [0.2, 0.25) is 5.02 Å². The van der Waals surface area contributed by atoms with E-state index in [1.54, 1.807) is 18.2 Å². The van der Waals surface area contributed by atoms with E-state index in [4.69, 9.17) is 23.8 Å². The first-order valence-corrected chi connectivity index (χ1v) is 6.93. The van der Waals surface area contributed by atoms with E-state index in [9.17, 15) is 14.5 Å². The minimum atomic E-state index is -0.642. The summed E-state index contributed by atoms with van der Waals surface area (Å²) in [6.07, 6.45) is 0. The highest BCUT2D eigenvalue weighted by Crippen LogP contribution is 2.23. The second-order valence-corrected chi connectivity index (χ2v) is 5.28. The van der Waals surface area contributed by atoms with Crippen LogP contribution in [0.3, 0.4) is 0 Å². The van der Waals surface area contributed by atoms with Crippen molar-refractivity contribution in [3.8, 4) is 0 Å². The number of nitrogens with zero attached hydrogens (tertiary/aromatic N) is 1. The van der Waals surface area contributed by atoms with Gasteiger partial charge in [0.2, 0.25) is 0 Å². The number of hydrogen-bond donors (Lipinski definition) is 2. The predicted molar refractivity (Wildman–Crippen MR) is 89.1 cm³/mol. The maximum Gasteiger partial charge on any atom is 0.271 e. The minimum absolute atomic E-state index is 0.0788. The van der Waals surface area contributed by atoms with Gasteiger partial charge in [-0.2, -0.15) is 0 Å². The van der Waals surface area contributed by atoms with E-state index in [0.717, 1.165) is 23.8 Å². The number of nitrogens with one attached hydrogen (secondary N) is 2. The lowest BCUT2D eigenvalue weighted by Gasteiger charge is -2.12. The van der Waals surface area contributed by atoms with Crippen LogP contribution in [-0.4, -0.2) is 10.0 Å². The first-order valence-electron chi connectivity index (χ1n) is 6.15. The van der Waals surface area contributed by atoms with Crippen LogP contribution in [0.1, 0.15) is 5.56 Å². The number of aryl methyl sites for hydroxylation is 1. The summed E-state index contributed by atoms with van der Waals surface area (Å²) in [5.41, 5.74) is 1.23. The Kier molecular flexibility index (Phi) is 4.89. The third-order valence-corrected chi connectivity index (χ3v) is 3.45. The van der Waals surface area contributed by atoms with E-state index in [1.807, 2.05) is 6.92 Å². The maximum absolute atomic E-state index is 13.7. The molecule has 0 aliphatic rings. The van der Waals surface area contributed by atoms with Crippen LogP contribution >= 0.6 is 23.8 Å². The standard InChI is InChI=1S/C14H11ClFN3O2S/c1-8-2-3-9(6-11(8)15)17-14(22)18-13-7-10(19(20)21)4-5-12(13)16/h2-7H,1H3,(H2,17,18,22). The number of anilines is 2. The molecule has 0 saturated heterocycles. The summed E-state index contributed by atoms with van der Waals surface area (Å²) >= 11 is 11.1. The van der Waals surface area contributed by atoms with Gasteiger partial charge in [0.1, 0.15) is 5.82 Å². The van der Waals surface area contributed by atoms with Crippen molar-refractivity contribution in [1.82, 2.24) is 0 Å². The van der Waals surface area contributed by atoms with E-state index in [1.165, 1.54) is 0 Å². The summed E-state index contributed by atoms with van der Waals surface area (Å²) < 4.78 is 13.7. The molecule has 114 valence electrons. The normalized spacial score (nSPS) is 10.1. The smallest absolute Gasteiger partial charge is 0.271 e. The summed E-state index contributed by atoms with van der Waals surface area (Å²) in [5, 5.41) is 16.8. The zero-order valence-electron chi connectivity index (χ0n) is 11.4. The Hall–Kier alpha value is -2.25. The Morgan fingerprint density at radius 1 is 1.27 bits per heavy atom.